The van der Waals surface area contributed by atoms with Crippen molar-refractivity contribution in [2.24, 2.45) is 4.40 Å². The molecule has 0 spiro atoms. The van der Waals surface area contributed by atoms with Crippen molar-refractivity contribution in [3.63, 3.8) is 0 Å². The van der Waals surface area contributed by atoms with E-state index in [0.717, 1.165) is 11.1 Å². The fraction of sp³-hybridized carbons (Fsp3) is 0.364. The largest absolute Gasteiger partial charge is 0.282 e. The molecule has 1 aromatic carbocycles. The molecule has 3 nitrogen and oxygen atoms in total. The van der Waals surface area contributed by atoms with E-state index in [1.807, 2.05) is 19.9 Å². The number of sulfonamides is 1. The van der Waals surface area contributed by atoms with Crippen LogP contribution in [0.3, 0.4) is 0 Å². The topological polar surface area (TPSA) is 46.5 Å². The Morgan fingerprint density at radius 2 is 2.00 bits per heavy atom. The van der Waals surface area contributed by atoms with Gasteiger partial charge in [-0.15, -0.1) is 0 Å². The predicted molar refractivity (Wildman–Crippen MR) is 61.9 cm³/mol. The van der Waals surface area contributed by atoms with Crippen molar-refractivity contribution in [3.8, 4) is 0 Å². The molecule has 0 heterocycles. The molecule has 0 N–H and O–H groups in total. The van der Waals surface area contributed by atoms with Crippen LogP contribution in [0.2, 0.25) is 0 Å². The van der Waals surface area contributed by atoms with Crippen LogP contribution in [-0.4, -0.2) is 14.6 Å². The fourth-order valence-corrected chi connectivity index (χ4v) is 2.48. The minimum absolute atomic E-state index is 0.290. The van der Waals surface area contributed by atoms with Gasteiger partial charge in [0.15, 0.2) is 0 Å². The van der Waals surface area contributed by atoms with E-state index in [4.69, 9.17) is 0 Å². The molecule has 0 unspecified atom stereocenters. The van der Waals surface area contributed by atoms with Gasteiger partial charge in [-0.2, -0.15) is 12.8 Å². The monoisotopic (exact) mass is 225 g/mol. The second-order valence-electron chi connectivity index (χ2n) is 3.44. The Hall–Kier alpha value is -1.16. The molecule has 15 heavy (non-hydrogen) atoms. The van der Waals surface area contributed by atoms with Crippen molar-refractivity contribution in [2.75, 3.05) is 0 Å². The number of hydrogen-bond donors (Lipinski definition) is 0. The molecule has 0 amide bonds. The van der Waals surface area contributed by atoms with E-state index in [2.05, 4.69) is 4.40 Å². The summed E-state index contributed by atoms with van der Waals surface area (Å²) in [7, 11) is -3.50. The minimum Gasteiger partial charge on any atom is -0.199 e. The summed E-state index contributed by atoms with van der Waals surface area (Å²) in [5, 5.41) is 0. The van der Waals surface area contributed by atoms with Crippen molar-refractivity contribution in [3.05, 3.63) is 29.3 Å². The Balaban J connectivity index is 3.22. The SMILES string of the molecule is CC/C=N/S(=O)(=O)c1ccc(C)cc1C. The van der Waals surface area contributed by atoms with E-state index in [1.54, 1.807) is 19.1 Å². The van der Waals surface area contributed by atoms with Crippen molar-refractivity contribution in [1.82, 2.24) is 0 Å². The molecule has 0 atom stereocenters. The van der Waals surface area contributed by atoms with Gasteiger partial charge in [0, 0.05) is 6.21 Å². The van der Waals surface area contributed by atoms with Gasteiger partial charge >= 0.3 is 0 Å². The second kappa shape index (κ2) is 4.57. The normalized spacial score (nSPS) is 12.2. The maximum atomic E-state index is 11.7. The van der Waals surface area contributed by atoms with E-state index < -0.39 is 10.0 Å². The van der Waals surface area contributed by atoms with Gasteiger partial charge < -0.3 is 0 Å². The van der Waals surface area contributed by atoms with Crippen LogP contribution < -0.4 is 0 Å². The van der Waals surface area contributed by atoms with Crippen LogP contribution in [0.15, 0.2) is 27.5 Å². The second-order valence-corrected chi connectivity index (χ2v) is 5.04. The van der Waals surface area contributed by atoms with E-state index in [1.165, 1.54) is 6.21 Å². The summed E-state index contributed by atoms with van der Waals surface area (Å²) in [4.78, 5) is 0.290. The summed E-state index contributed by atoms with van der Waals surface area (Å²) in [5.41, 5.74) is 1.79. The smallest absolute Gasteiger partial charge is 0.199 e. The Morgan fingerprint density at radius 1 is 1.33 bits per heavy atom. The van der Waals surface area contributed by atoms with Crippen molar-refractivity contribution >= 4 is 16.2 Å². The van der Waals surface area contributed by atoms with Gasteiger partial charge in [0.1, 0.15) is 0 Å². The van der Waals surface area contributed by atoms with Gasteiger partial charge in [0.05, 0.1) is 4.90 Å². The lowest BCUT2D eigenvalue weighted by molar-refractivity contribution is 0.597. The highest BCUT2D eigenvalue weighted by Gasteiger charge is 2.13. The van der Waals surface area contributed by atoms with Crippen LogP contribution in [0.1, 0.15) is 24.5 Å². The fourth-order valence-electron chi connectivity index (χ4n) is 1.32. The molecule has 0 radical (unpaired) electrons. The van der Waals surface area contributed by atoms with Crippen LogP contribution >= 0.6 is 0 Å². The van der Waals surface area contributed by atoms with Crippen LogP contribution in [0, 0.1) is 13.8 Å². The number of benzene rings is 1. The summed E-state index contributed by atoms with van der Waals surface area (Å²) in [6.45, 7) is 5.56. The average molecular weight is 225 g/mol. The molecule has 0 saturated heterocycles. The summed E-state index contributed by atoms with van der Waals surface area (Å²) < 4.78 is 27.0. The third kappa shape index (κ3) is 2.89. The molecule has 0 saturated carbocycles. The first-order valence-electron chi connectivity index (χ1n) is 4.83. The van der Waals surface area contributed by atoms with E-state index >= 15 is 0 Å². The van der Waals surface area contributed by atoms with Gasteiger partial charge in [0.2, 0.25) is 0 Å². The van der Waals surface area contributed by atoms with Gasteiger partial charge in [-0.05, 0) is 31.9 Å². The van der Waals surface area contributed by atoms with Crippen LogP contribution in [0.25, 0.3) is 0 Å². The van der Waals surface area contributed by atoms with Crippen molar-refractivity contribution in [2.45, 2.75) is 32.1 Å². The van der Waals surface area contributed by atoms with Crippen LogP contribution in [-0.2, 0) is 10.0 Å². The Labute approximate surface area is 90.9 Å². The van der Waals surface area contributed by atoms with Crippen LogP contribution in [0.4, 0.5) is 0 Å². The predicted octanol–water partition coefficient (Wildman–Crippen LogP) is 2.47. The highest BCUT2D eigenvalue weighted by molar-refractivity contribution is 7.90. The van der Waals surface area contributed by atoms with Gasteiger partial charge in [-0.3, -0.25) is 0 Å². The molecule has 0 bridgehead atoms. The number of nitrogens with zero attached hydrogens (tertiary/aromatic N) is 1. The third-order valence-electron chi connectivity index (χ3n) is 2.00. The molecule has 0 aromatic heterocycles. The molecule has 0 aliphatic heterocycles. The molecule has 4 heteroatoms. The number of aryl methyl sites for hydroxylation is 2. The maximum absolute atomic E-state index is 11.7. The molecular weight excluding hydrogens is 210 g/mol. The average Bonchev–Trinajstić information content (AvgIpc) is 2.14. The van der Waals surface area contributed by atoms with Gasteiger partial charge in [0.25, 0.3) is 10.0 Å². The summed E-state index contributed by atoms with van der Waals surface area (Å²) in [6, 6.07) is 5.22. The van der Waals surface area contributed by atoms with E-state index in [9.17, 15) is 8.42 Å². The number of rotatable bonds is 3. The molecule has 0 aliphatic rings. The Morgan fingerprint density at radius 3 is 2.53 bits per heavy atom. The van der Waals surface area contributed by atoms with Gasteiger partial charge in [-0.25, -0.2) is 0 Å². The highest BCUT2D eigenvalue weighted by Crippen LogP contribution is 2.18. The lowest BCUT2D eigenvalue weighted by atomic mass is 10.2. The first-order chi connectivity index (χ1) is 6.97. The minimum atomic E-state index is -3.50. The molecular formula is C11H15NO2S. The maximum Gasteiger partial charge on any atom is 0.282 e. The molecule has 1 aromatic rings. The van der Waals surface area contributed by atoms with Crippen LogP contribution in [0.5, 0.6) is 0 Å². The summed E-state index contributed by atoms with van der Waals surface area (Å²) >= 11 is 0. The first-order valence-corrected chi connectivity index (χ1v) is 6.27. The molecule has 82 valence electrons. The lowest BCUT2D eigenvalue weighted by Gasteiger charge is -2.03. The quantitative estimate of drug-likeness (QED) is 0.742. The molecule has 0 fully saturated rings. The zero-order valence-corrected chi connectivity index (χ0v) is 10.0. The highest BCUT2D eigenvalue weighted by atomic mass is 32.2. The molecule has 1 rings (SSSR count). The Kier molecular flexibility index (Phi) is 3.63. The van der Waals surface area contributed by atoms with Crippen molar-refractivity contribution < 1.29 is 8.42 Å². The van der Waals surface area contributed by atoms with E-state index in [-0.39, 0.29) is 4.90 Å². The summed E-state index contributed by atoms with van der Waals surface area (Å²) in [6.07, 6.45) is 2.03. The zero-order chi connectivity index (χ0) is 11.5. The van der Waals surface area contributed by atoms with Crippen molar-refractivity contribution in [1.29, 1.82) is 0 Å². The van der Waals surface area contributed by atoms with Gasteiger partial charge in [-0.1, -0.05) is 24.6 Å². The first kappa shape index (κ1) is 11.9. The van der Waals surface area contributed by atoms with E-state index in [0.29, 0.717) is 6.42 Å². The number of hydrogen-bond acceptors (Lipinski definition) is 2. The standard InChI is InChI=1S/C11H15NO2S/c1-4-7-12-15(13,14)11-6-5-9(2)8-10(11)3/h5-8H,4H2,1-3H3/b12-7+. The zero-order valence-electron chi connectivity index (χ0n) is 9.19. The third-order valence-corrected chi connectivity index (χ3v) is 3.44. The molecule has 0 aliphatic carbocycles. The lowest BCUT2D eigenvalue weighted by Crippen LogP contribution is -2.00. The summed E-state index contributed by atoms with van der Waals surface area (Å²) in [5.74, 6) is 0. The Bertz CT molecular complexity index is 475.